The van der Waals surface area contributed by atoms with Gasteiger partial charge in [-0.15, -0.1) is 0 Å². The second-order valence-corrected chi connectivity index (χ2v) is 6.86. The van der Waals surface area contributed by atoms with Crippen LogP contribution in [-0.2, 0) is 9.24 Å². The molecule has 6 N–H and O–H groups in total. The normalized spacial score (nSPS) is 10.3. The van der Waals surface area contributed by atoms with E-state index >= 15 is 0 Å². The van der Waals surface area contributed by atoms with Crippen molar-refractivity contribution in [1.29, 1.82) is 0 Å². The standard InChI is InChI=1S/C5H14N2.2C5H12O.HO4P.H2/c1-5(2)3-4-7-6;2*1-5(2)3-4-6;1-4-5(2)3;/h5,7H,3-4,6H2,1-2H3;2*5-6H,3-4H2,1-2H3;1H;1H. The van der Waals surface area contributed by atoms with E-state index < -0.39 is 8.25 Å². The van der Waals surface area contributed by atoms with Gasteiger partial charge in [-0.3, -0.25) is 11.3 Å². The number of hydrazine groups is 1. The van der Waals surface area contributed by atoms with Crippen LogP contribution in [-0.4, -0.2) is 35.2 Å². The minimum atomic E-state index is -3.04. The first-order chi connectivity index (χ1) is 11.1. The number of nitrogens with two attached hydrogens (primary N) is 1. The molecule has 0 aromatic rings. The van der Waals surface area contributed by atoms with E-state index in [1.165, 1.54) is 0 Å². The van der Waals surface area contributed by atoms with Gasteiger partial charge in [0.1, 0.15) is 0 Å². The van der Waals surface area contributed by atoms with Crippen LogP contribution < -0.4 is 16.2 Å². The Hall–Kier alpha value is -0.180. The molecule has 0 amide bonds. The van der Waals surface area contributed by atoms with E-state index in [1.54, 1.807) is 0 Å². The van der Waals surface area contributed by atoms with Crippen molar-refractivity contribution in [3.05, 3.63) is 0 Å². The number of hydrogen-bond donors (Lipinski definition) is 5. The lowest BCUT2D eigenvalue weighted by atomic mass is 10.1. The third-order valence-electron chi connectivity index (χ3n) is 2.35. The first-order valence-electron chi connectivity index (χ1n) is 8.19. The summed E-state index contributed by atoms with van der Waals surface area (Å²) in [7, 11) is -3.04. The SMILES string of the molecule is CC(C)CCNN.CC(C)CCO.CC(C)CCO.O=[P+]([O-])OO.[HH]. The third kappa shape index (κ3) is 67.7. The Bertz CT molecular complexity index is 228. The molecule has 8 nitrogen and oxygen atoms in total. The molecule has 152 valence electrons. The van der Waals surface area contributed by atoms with Gasteiger partial charge in [0.25, 0.3) is 0 Å². The molecule has 1 unspecified atom stereocenters. The van der Waals surface area contributed by atoms with Gasteiger partial charge < -0.3 is 15.1 Å². The lowest BCUT2D eigenvalue weighted by molar-refractivity contribution is -0.244. The van der Waals surface area contributed by atoms with Crippen LogP contribution in [0.15, 0.2) is 0 Å². The fourth-order valence-electron chi connectivity index (χ4n) is 0.888. The van der Waals surface area contributed by atoms with E-state index in [4.69, 9.17) is 30.8 Å². The van der Waals surface area contributed by atoms with Gasteiger partial charge in [-0.2, -0.15) is 0 Å². The molecule has 0 spiro atoms. The van der Waals surface area contributed by atoms with E-state index in [1.807, 2.05) is 0 Å². The number of nitrogens with one attached hydrogen (secondary N) is 1. The molecule has 9 heteroatoms. The van der Waals surface area contributed by atoms with Crippen LogP contribution in [0.4, 0.5) is 0 Å². The molecule has 0 radical (unpaired) electrons. The average molecular weight is 376 g/mol. The van der Waals surface area contributed by atoms with Crippen molar-refractivity contribution in [2.45, 2.75) is 60.8 Å². The van der Waals surface area contributed by atoms with Crippen molar-refractivity contribution in [2.75, 3.05) is 19.8 Å². The highest BCUT2D eigenvalue weighted by Gasteiger charge is 1.90. The summed E-state index contributed by atoms with van der Waals surface area (Å²) in [4.78, 5) is 8.93. The number of aliphatic hydroxyl groups is 2. The van der Waals surface area contributed by atoms with Crippen LogP contribution in [0.1, 0.15) is 62.2 Å². The lowest BCUT2D eigenvalue weighted by Crippen LogP contribution is -2.23. The molecule has 0 bridgehead atoms. The molecule has 0 heterocycles. The molecule has 0 aliphatic rings. The Labute approximate surface area is 149 Å². The summed E-state index contributed by atoms with van der Waals surface area (Å²) in [5, 5.41) is 23.5. The van der Waals surface area contributed by atoms with Crippen LogP contribution in [0.2, 0.25) is 0 Å². The van der Waals surface area contributed by atoms with Gasteiger partial charge in [0.15, 0.2) is 0 Å². The zero-order chi connectivity index (χ0) is 20.0. The van der Waals surface area contributed by atoms with Crippen LogP contribution in [0.3, 0.4) is 0 Å². The van der Waals surface area contributed by atoms with Crippen molar-refractivity contribution in [1.82, 2.24) is 5.43 Å². The Morgan fingerprint density at radius 2 is 1.29 bits per heavy atom. The molecule has 0 saturated heterocycles. The van der Waals surface area contributed by atoms with Crippen molar-refractivity contribution >= 4 is 8.25 Å². The van der Waals surface area contributed by atoms with Crippen molar-refractivity contribution in [3.8, 4) is 0 Å². The van der Waals surface area contributed by atoms with Crippen molar-refractivity contribution < 1.29 is 31.0 Å². The van der Waals surface area contributed by atoms with Gasteiger partial charge >= 0.3 is 8.25 Å². The summed E-state index contributed by atoms with van der Waals surface area (Å²) in [6.45, 7) is 14.3. The van der Waals surface area contributed by atoms with Gasteiger partial charge in [0.2, 0.25) is 0 Å². The first-order valence-corrected chi connectivity index (χ1v) is 9.29. The summed E-state index contributed by atoms with van der Waals surface area (Å²) >= 11 is 0. The van der Waals surface area contributed by atoms with Gasteiger partial charge in [0.05, 0.1) is 0 Å². The summed E-state index contributed by atoms with van der Waals surface area (Å²) in [5.41, 5.74) is 2.60. The first kappa shape index (κ1) is 31.6. The van der Waals surface area contributed by atoms with E-state index in [-0.39, 0.29) is 1.43 Å². The Morgan fingerprint density at radius 1 is 1.00 bits per heavy atom. The molecular weight excluding hydrogens is 335 g/mol. The predicted octanol–water partition coefficient (Wildman–Crippen LogP) is 2.29. The fraction of sp³-hybridized carbons (Fsp3) is 1.00. The zero-order valence-electron chi connectivity index (χ0n) is 16.1. The summed E-state index contributed by atoms with van der Waals surface area (Å²) in [6, 6.07) is 0. The highest BCUT2D eigenvalue weighted by atomic mass is 31.1. The van der Waals surface area contributed by atoms with E-state index in [2.05, 4.69) is 51.6 Å². The minimum Gasteiger partial charge on any atom is -0.565 e. The smallest absolute Gasteiger partial charge is 0.521 e. The Morgan fingerprint density at radius 3 is 1.33 bits per heavy atom. The summed E-state index contributed by atoms with van der Waals surface area (Å²) in [6.07, 6.45) is 3.02. The zero-order valence-corrected chi connectivity index (χ0v) is 17.0. The van der Waals surface area contributed by atoms with E-state index in [9.17, 15) is 0 Å². The van der Waals surface area contributed by atoms with Crippen LogP contribution >= 0.6 is 8.25 Å². The topological polar surface area (TPSA) is 148 Å². The molecule has 0 aliphatic carbocycles. The van der Waals surface area contributed by atoms with Gasteiger partial charge in [-0.1, -0.05) is 41.5 Å². The van der Waals surface area contributed by atoms with Crippen LogP contribution in [0, 0.1) is 17.8 Å². The molecule has 0 aromatic carbocycles. The monoisotopic (exact) mass is 376 g/mol. The van der Waals surface area contributed by atoms with Crippen LogP contribution in [0.5, 0.6) is 0 Å². The molecule has 1 atom stereocenters. The number of hydrogen-bond acceptors (Lipinski definition) is 8. The maximum Gasteiger partial charge on any atom is 0.521 e. The van der Waals surface area contributed by atoms with E-state index in [0.717, 1.165) is 31.7 Å². The van der Waals surface area contributed by atoms with Gasteiger partial charge in [-0.05, 0) is 41.6 Å². The van der Waals surface area contributed by atoms with Gasteiger partial charge in [-0.25, -0.2) is 5.26 Å². The average Bonchev–Trinajstić information content (AvgIpc) is 2.46. The molecule has 24 heavy (non-hydrogen) atoms. The third-order valence-corrected chi connectivity index (χ3v) is 2.48. The summed E-state index contributed by atoms with van der Waals surface area (Å²) in [5.74, 6) is 7.08. The van der Waals surface area contributed by atoms with E-state index in [0.29, 0.717) is 25.0 Å². The highest BCUT2D eigenvalue weighted by molar-refractivity contribution is 7.30. The lowest BCUT2D eigenvalue weighted by Gasteiger charge is -2.00. The predicted molar refractivity (Wildman–Crippen MR) is 98.2 cm³/mol. The minimum absolute atomic E-state index is 0. The molecule has 0 aromatic heterocycles. The largest absolute Gasteiger partial charge is 0.565 e. The molecular formula is C15H41N2O6P. The molecule has 0 rings (SSSR count). The second kappa shape index (κ2) is 27.7. The van der Waals surface area contributed by atoms with Crippen molar-refractivity contribution in [2.24, 2.45) is 23.6 Å². The summed E-state index contributed by atoms with van der Waals surface area (Å²) < 4.78 is 11.6. The van der Waals surface area contributed by atoms with Gasteiger partial charge in [0, 0.05) is 25.9 Å². The Balaban J connectivity index is -0.0000000706. The molecule has 0 aliphatic heterocycles. The highest BCUT2D eigenvalue weighted by Crippen LogP contribution is 2.02. The quantitative estimate of drug-likeness (QED) is 0.187. The maximum absolute atomic E-state index is 8.93. The van der Waals surface area contributed by atoms with Crippen LogP contribution in [0.25, 0.3) is 0 Å². The molecule has 0 saturated carbocycles. The molecule has 0 fully saturated rings. The fourth-order valence-corrected chi connectivity index (χ4v) is 0.888. The number of aliphatic hydroxyl groups excluding tert-OH is 2. The maximum atomic E-state index is 8.93. The number of rotatable bonds is 8. The second-order valence-electron chi connectivity index (χ2n) is 6.25. The van der Waals surface area contributed by atoms with Crippen molar-refractivity contribution in [3.63, 3.8) is 0 Å². The Kier molecular flexibility index (Phi) is 36.4.